The van der Waals surface area contributed by atoms with Crippen LogP contribution in [-0.2, 0) is 20.5 Å². The summed E-state index contributed by atoms with van der Waals surface area (Å²) in [5.74, 6) is -2.03. The Balaban J connectivity index is 2.12. The van der Waals surface area contributed by atoms with Crippen molar-refractivity contribution >= 4 is 17.4 Å². The predicted molar refractivity (Wildman–Crippen MR) is 77.4 cm³/mol. The summed E-state index contributed by atoms with van der Waals surface area (Å²) < 4.78 is 42.2. The van der Waals surface area contributed by atoms with E-state index in [1.807, 2.05) is 0 Å². The first-order valence-corrected chi connectivity index (χ1v) is 6.99. The van der Waals surface area contributed by atoms with Crippen molar-refractivity contribution in [1.29, 1.82) is 0 Å². The second-order valence-electron chi connectivity index (χ2n) is 5.45. The van der Waals surface area contributed by atoms with Crippen LogP contribution in [0.3, 0.4) is 0 Å². The fourth-order valence-corrected chi connectivity index (χ4v) is 2.56. The summed E-state index contributed by atoms with van der Waals surface area (Å²) in [5, 5.41) is 2.92. The van der Waals surface area contributed by atoms with Gasteiger partial charge in [0.2, 0.25) is 0 Å². The molecule has 1 aliphatic carbocycles. The second kappa shape index (κ2) is 6.44. The summed E-state index contributed by atoms with van der Waals surface area (Å²) >= 11 is 0. The lowest BCUT2D eigenvalue weighted by Crippen LogP contribution is -2.34. The molecule has 0 saturated heterocycles. The molecule has 0 aliphatic heterocycles. The zero-order chi connectivity index (χ0) is 17.2. The molecule has 0 aromatic heterocycles. The lowest BCUT2D eigenvalue weighted by atomic mass is 9.82. The van der Waals surface area contributed by atoms with Gasteiger partial charge >= 0.3 is 12.1 Å². The smallest absolute Gasteiger partial charge is 0.416 e. The predicted octanol–water partition coefficient (Wildman–Crippen LogP) is 3.40. The topological polar surface area (TPSA) is 55.4 Å². The third kappa shape index (κ3) is 3.91. The molecule has 0 spiro atoms. The van der Waals surface area contributed by atoms with E-state index in [0.717, 1.165) is 12.1 Å². The second-order valence-corrected chi connectivity index (χ2v) is 5.45. The number of rotatable bonds is 3. The van der Waals surface area contributed by atoms with Gasteiger partial charge in [0.25, 0.3) is 0 Å². The van der Waals surface area contributed by atoms with Gasteiger partial charge in [0, 0.05) is 17.5 Å². The number of nitrogens with one attached hydrogen (secondary N) is 1. The van der Waals surface area contributed by atoms with Gasteiger partial charge in [0.15, 0.2) is 5.78 Å². The minimum Gasteiger partial charge on any atom is -0.468 e. The molecule has 0 heterocycles. The van der Waals surface area contributed by atoms with E-state index in [0.29, 0.717) is 17.8 Å². The van der Waals surface area contributed by atoms with Gasteiger partial charge in [-0.2, -0.15) is 13.2 Å². The van der Waals surface area contributed by atoms with Gasteiger partial charge < -0.3 is 10.1 Å². The Morgan fingerprint density at radius 3 is 2.35 bits per heavy atom. The SMILES string of the molecule is COC(=O)[C@@H]1C(=O)C=C(Nc2ccc(C(F)(F)F)cc2)C[C@H]1C. The maximum atomic E-state index is 12.5. The Morgan fingerprint density at radius 1 is 1.26 bits per heavy atom. The Bertz CT molecular complexity index is 635. The van der Waals surface area contributed by atoms with E-state index < -0.39 is 23.6 Å². The number of carbonyl (C=O) groups excluding carboxylic acids is 2. The molecule has 2 rings (SSSR count). The molecule has 0 bridgehead atoms. The largest absolute Gasteiger partial charge is 0.468 e. The van der Waals surface area contributed by atoms with Gasteiger partial charge in [-0.05, 0) is 36.6 Å². The van der Waals surface area contributed by atoms with Crippen molar-refractivity contribution < 1.29 is 27.5 Å². The van der Waals surface area contributed by atoms with Crippen molar-refractivity contribution in [2.75, 3.05) is 12.4 Å². The number of esters is 1. The molecule has 7 heteroatoms. The fraction of sp³-hybridized carbons (Fsp3) is 0.375. The van der Waals surface area contributed by atoms with Crippen LogP contribution in [0.2, 0.25) is 0 Å². The summed E-state index contributed by atoms with van der Waals surface area (Å²) in [6, 6.07) is 4.53. The van der Waals surface area contributed by atoms with Crippen molar-refractivity contribution in [1.82, 2.24) is 0 Å². The summed E-state index contributed by atoms with van der Waals surface area (Å²) in [5.41, 5.74) is 0.263. The maximum Gasteiger partial charge on any atom is 0.416 e. The third-order valence-electron chi connectivity index (χ3n) is 3.71. The number of benzene rings is 1. The van der Waals surface area contributed by atoms with Crippen LogP contribution in [0.5, 0.6) is 0 Å². The van der Waals surface area contributed by atoms with Crippen LogP contribution >= 0.6 is 0 Å². The zero-order valence-electron chi connectivity index (χ0n) is 12.6. The molecule has 2 atom stereocenters. The number of alkyl halides is 3. The van der Waals surface area contributed by atoms with E-state index in [1.54, 1.807) is 6.92 Å². The van der Waals surface area contributed by atoms with Crippen molar-refractivity contribution in [3.63, 3.8) is 0 Å². The highest BCUT2D eigenvalue weighted by Crippen LogP contribution is 2.32. The monoisotopic (exact) mass is 327 g/mol. The molecule has 23 heavy (non-hydrogen) atoms. The summed E-state index contributed by atoms with van der Waals surface area (Å²) in [4.78, 5) is 23.6. The standard InChI is InChI=1S/C16H16F3NO3/c1-9-7-12(8-13(21)14(9)15(22)23-2)20-11-5-3-10(4-6-11)16(17,18)19/h3-6,8-9,14,20H,7H2,1-2H3/t9-,14+/m1/s1. The molecule has 0 fully saturated rings. The van der Waals surface area contributed by atoms with E-state index in [1.165, 1.54) is 25.3 Å². The van der Waals surface area contributed by atoms with Gasteiger partial charge in [-0.3, -0.25) is 9.59 Å². The van der Waals surface area contributed by atoms with E-state index in [-0.39, 0.29) is 11.7 Å². The first-order valence-electron chi connectivity index (χ1n) is 6.99. The van der Waals surface area contributed by atoms with E-state index >= 15 is 0 Å². The van der Waals surface area contributed by atoms with Gasteiger partial charge in [-0.1, -0.05) is 6.92 Å². The van der Waals surface area contributed by atoms with Crippen LogP contribution in [0.25, 0.3) is 0 Å². The Morgan fingerprint density at radius 2 is 1.87 bits per heavy atom. The Kier molecular flexibility index (Phi) is 4.77. The summed E-state index contributed by atoms with van der Waals surface area (Å²) in [6.07, 6.45) is -2.66. The van der Waals surface area contributed by atoms with Crippen LogP contribution in [0, 0.1) is 11.8 Å². The number of ether oxygens (including phenoxy) is 1. The maximum absolute atomic E-state index is 12.5. The number of carbonyl (C=O) groups is 2. The molecular weight excluding hydrogens is 311 g/mol. The van der Waals surface area contributed by atoms with Crippen LogP contribution in [0.15, 0.2) is 36.0 Å². The number of hydrogen-bond acceptors (Lipinski definition) is 4. The molecule has 1 N–H and O–H groups in total. The van der Waals surface area contributed by atoms with Crippen LogP contribution < -0.4 is 5.32 Å². The molecule has 0 amide bonds. The minimum absolute atomic E-state index is 0.253. The lowest BCUT2D eigenvalue weighted by Gasteiger charge is -2.26. The fourth-order valence-electron chi connectivity index (χ4n) is 2.56. The molecule has 0 saturated carbocycles. The normalized spacial score (nSPS) is 21.6. The first-order chi connectivity index (χ1) is 10.7. The van der Waals surface area contributed by atoms with Crippen LogP contribution in [0.4, 0.5) is 18.9 Å². The molecule has 4 nitrogen and oxygen atoms in total. The summed E-state index contributed by atoms with van der Waals surface area (Å²) in [7, 11) is 1.22. The molecule has 1 aliphatic rings. The minimum atomic E-state index is -4.39. The number of ketones is 1. The van der Waals surface area contributed by atoms with Crippen molar-refractivity contribution in [2.45, 2.75) is 19.5 Å². The highest BCUT2D eigenvalue weighted by Gasteiger charge is 2.36. The molecule has 124 valence electrons. The van der Waals surface area contributed by atoms with Crippen LogP contribution in [-0.4, -0.2) is 18.9 Å². The van der Waals surface area contributed by atoms with E-state index in [9.17, 15) is 22.8 Å². The number of allylic oxidation sites excluding steroid dienone is 2. The third-order valence-corrected chi connectivity index (χ3v) is 3.71. The summed E-state index contributed by atoms with van der Waals surface area (Å²) in [6.45, 7) is 1.75. The van der Waals surface area contributed by atoms with Crippen LogP contribution in [0.1, 0.15) is 18.9 Å². The molecule has 0 radical (unpaired) electrons. The van der Waals surface area contributed by atoms with E-state index in [4.69, 9.17) is 0 Å². The van der Waals surface area contributed by atoms with Gasteiger partial charge in [-0.15, -0.1) is 0 Å². The number of halogens is 3. The van der Waals surface area contributed by atoms with Crippen molar-refractivity contribution in [3.05, 3.63) is 41.6 Å². The highest BCUT2D eigenvalue weighted by atomic mass is 19.4. The number of methoxy groups -OCH3 is 1. The highest BCUT2D eigenvalue weighted by molar-refractivity contribution is 6.06. The number of anilines is 1. The van der Waals surface area contributed by atoms with Gasteiger partial charge in [0.05, 0.1) is 12.7 Å². The first kappa shape index (κ1) is 17.1. The van der Waals surface area contributed by atoms with E-state index in [2.05, 4.69) is 10.1 Å². The molecule has 1 aromatic carbocycles. The average molecular weight is 327 g/mol. The number of hydrogen-bond donors (Lipinski definition) is 1. The van der Waals surface area contributed by atoms with Gasteiger partial charge in [-0.25, -0.2) is 0 Å². The average Bonchev–Trinajstić information content (AvgIpc) is 2.45. The zero-order valence-corrected chi connectivity index (χ0v) is 12.6. The molecular formula is C16H16F3NO3. The molecule has 1 aromatic rings. The Labute approximate surface area is 131 Å². The van der Waals surface area contributed by atoms with Crippen molar-refractivity contribution in [2.24, 2.45) is 11.8 Å². The Hall–Kier alpha value is -2.31. The molecule has 0 unspecified atom stereocenters. The van der Waals surface area contributed by atoms with Gasteiger partial charge in [0.1, 0.15) is 5.92 Å². The quantitative estimate of drug-likeness (QED) is 0.683. The van der Waals surface area contributed by atoms with Crippen molar-refractivity contribution in [3.8, 4) is 0 Å². The lowest BCUT2D eigenvalue weighted by molar-refractivity contribution is -0.150.